The van der Waals surface area contributed by atoms with Gasteiger partial charge in [0.25, 0.3) is 0 Å². The predicted octanol–water partition coefficient (Wildman–Crippen LogP) is 1.27. The van der Waals surface area contributed by atoms with Crippen LogP contribution in [0.5, 0.6) is 0 Å². The number of aldehydes is 1. The number of rotatable bonds is 1. The Labute approximate surface area is 52.1 Å². The minimum atomic E-state index is -1.40. The van der Waals surface area contributed by atoms with Crippen LogP contribution in [0.1, 0.15) is 12.8 Å². The van der Waals surface area contributed by atoms with Gasteiger partial charge < -0.3 is 4.79 Å². The van der Waals surface area contributed by atoms with Crippen LogP contribution in [0.4, 0.5) is 8.78 Å². The molecule has 9 heavy (non-hydrogen) atoms. The number of carbonyl (C=O) groups is 1. The Bertz CT molecular complexity index is 106. The Hall–Kier alpha value is -0.470. The van der Waals surface area contributed by atoms with Gasteiger partial charge in [-0.2, -0.15) is 0 Å². The number of halogens is 2. The summed E-state index contributed by atoms with van der Waals surface area (Å²) in [5.41, 5.74) is 0. The van der Waals surface area contributed by atoms with Gasteiger partial charge in [0.05, 0.1) is 0 Å². The topological polar surface area (TPSA) is 17.1 Å². The molecule has 0 aliphatic heterocycles. The highest BCUT2D eigenvalue weighted by Gasteiger charge is 2.33. The van der Waals surface area contributed by atoms with E-state index in [0.717, 1.165) is 0 Å². The van der Waals surface area contributed by atoms with Crippen molar-refractivity contribution in [3.05, 3.63) is 0 Å². The Morgan fingerprint density at radius 1 is 1.22 bits per heavy atom. The Morgan fingerprint density at radius 3 is 1.89 bits per heavy atom. The van der Waals surface area contributed by atoms with Gasteiger partial charge in [-0.25, -0.2) is 8.78 Å². The molecular weight excluding hydrogens is 126 g/mol. The summed E-state index contributed by atoms with van der Waals surface area (Å²) < 4.78 is 24.4. The summed E-state index contributed by atoms with van der Waals surface area (Å²) in [7, 11) is 0. The summed E-state index contributed by atoms with van der Waals surface area (Å²) in [6, 6.07) is 0. The zero-order valence-corrected chi connectivity index (χ0v) is 4.89. The highest BCUT2D eigenvalue weighted by Crippen LogP contribution is 2.28. The van der Waals surface area contributed by atoms with Crippen molar-refractivity contribution >= 4 is 6.29 Å². The fraction of sp³-hybridized carbons (Fsp3) is 0.833. The second-order valence-corrected chi connectivity index (χ2v) is 2.40. The van der Waals surface area contributed by atoms with Gasteiger partial charge in [0.15, 0.2) is 0 Å². The third-order valence-electron chi connectivity index (χ3n) is 1.64. The van der Waals surface area contributed by atoms with Crippen LogP contribution >= 0.6 is 0 Å². The van der Waals surface area contributed by atoms with E-state index in [2.05, 4.69) is 0 Å². The van der Waals surface area contributed by atoms with Crippen LogP contribution < -0.4 is 0 Å². The van der Waals surface area contributed by atoms with Gasteiger partial charge in [-0.15, -0.1) is 0 Å². The number of hydrogen-bond donors (Lipinski definition) is 0. The van der Waals surface area contributed by atoms with E-state index < -0.39 is 12.3 Å². The zero-order chi connectivity index (χ0) is 6.85. The van der Waals surface area contributed by atoms with Crippen molar-refractivity contribution in [3.63, 3.8) is 0 Å². The van der Waals surface area contributed by atoms with Crippen LogP contribution in [-0.4, -0.2) is 18.6 Å². The van der Waals surface area contributed by atoms with Gasteiger partial charge in [-0.05, 0) is 12.8 Å². The standard InChI is InChI=1S/C6H8F2O/c7-5-1-4(3-9)2-6(5)8/h3-6H,1-2H2. The maximum absolute atomic E-state index is 12.2. The Balaban J connectivity index is 2.43. The number of hydrogen-bond acceptors (Lipinski definition) is 1. The molecule has 2 unspecified atom stereocenters. The molecule has 0 heterocycles. The SMILES string of the molecule is O=CC1CC(F)C(F)C1. The average molecular weight is 134 g/mol. The van der Waals surface area contributed by atoms with E-state index in [-0.39, 0.29) is 18.8 Å². The quantitative estimate of drug-likeness (QED) is 0.493. The maximum Gasteiger partial charge on any atom is 0.132 e. The molecule has 1 rings (SSSR count). The van der Waals surface area contributed by atoms with Crippen LogP contribution in [0.3, 0.4) is 0 Å². The van der Waals surface area contributed by atoms with E-state index in [9.17, 15) is 13.6 Å². The molecule has 0 bridgehead atoms. The van der Waals surface area contributed by atoms with Gasteiger partial charge in [0, 0.05) is 5.92 Å². The summed E-state index contributed by atoms with van der Waals surface area (Å²) in [5, 5.41) is 0. The summed E-state index contributed by atoms with van der Waals surface area (Å²) in [4.78, 5) is 9.96. The molecule has 1 saturated carbocycles. The van der Waals surface area contributed by atoms with E-state index in [1.165, 1.54) is 0 Å². The largest absolute Gasteiger partial charge is 0.303 e. The van der Waals surface area contributed by atoms with Crippen LogP contribution in [0.25, 0.3) is 0 Å². The minimum Gasteiger partial charge on any atom is -0.303 e. The maximum atomic E-state index is 12.2. The molecule has 0 amide bonds. The molecule has 3 heteroatoms. The van der Waals surface area contributed by atoms with Gasteiger partial charge in [0.1, 0.15) is 18.6 Å². The van der Waals surface area contributed by atoms with Crippen molar-refractivity contribution in [1.29, 1.82) is 0 Å². The first-order valence-corrected chi connectivity index (χ1v) is 2.97. The third-order valence-corrected chi connectivity index (χ3v) is 1.64. The van der Waals surface area contributed by atoms with Crippen LogP contribution in [0.2, 0.25) is 0 Å². The fourth-order valence-corrected chi connectivity index (χ4v) is 1.08. The highest BCUT2D eigenvalue weighted by atomic mass is 19.2. The number of carbonyl (C=O) groups excluding carboxylic acids is 1. The lowest BCUT2D eigenvalue weighted by Gasteiger charge is -1.96. The average Bonchev–Trinajstić information content (AvgIpc) is 2.13. The van der Waals surface area contributed by atoms with Gasteiger partial charge in [0.2, 0.25) is 0 Å². The van der Waals surface area contributed by atoms with E-state index in [1.54, 1.807) is 0 Å². The van der Waals surface area contributed by atoms with E-state index in [0.29, 0.717) is 6.29 Å². The zero-order valence-electron chi connectivity index (χ0n) is 4.89. The molecule has 52 valence electrons. The predicted molar refractivity (Wildman–Crippen MR) is 28.6 cm³/mol. The van der Waals surface area contributed by atoms with E-state index in [4.69, 9.17) is 0 Å². The summed E-state index contributed by atoms with van der Waals surface area (Å²) >= 11 is 0. The molecule has 0 spiro atoms. The van der Waals surface area contributed by atoms with Crippen molar-refractivity contribution in [1.82, 2.24) is 0 Å². The fourth-order valence-electron chi connectivity index (χ4n) is 1.08. The highest BCUT2D eigenvalue weighted by molar-refractivity contribution is 5.54. The van der Waals surface area contributed by atoms with E-state index in [1.807, 2.05) is 0 Å². The van der Waals surface area contributed by atoms with Crippen molar-refractivity contribution in [2.24, 2.45) is 5.92 Å². The normalized spacial score (nSPS) is 43.1. The molecule has 0 N–H and O–H groups in total. The molecule has 1 nitrogen and oxygen atoms in total. The van der Waals surface area contributed by atoms with E-state index >= 15 is 0 Å². The lowest BCUT2D eigenvalue weighted by atomic mass is 10.1. The summed E-state index contributed by atoms with van der Waals surface area (Å²) in [6.07, 6.45) is -2.03. The first-order chi connectivity index (χ1) is 4.24. The Morgan fingerprint density at radius 2 is 1.67 bits per heavy atom. The molecule has 0 aromatic rings. The second-order valence-electron chi connectivity index (χ2n) is 2.40. The summed E-state index contributed by atoms with van der Waals surface area (Å²) in [5.74, 6) is -0.380. The molecule has 0 aromatic heterocycles. The molecule has 1 fully saturated rings. The molecule has 2 atom stereocenters. The lowest BCUT2D eigenvalue weighted by molar-refractivity contribution is -0.111. The molecule has 0 saturated heterocycles. The second kappa shape index (κ2) is 2.42. The van der Waals surface area contributed by atoms with Crippen LogP contribution in [0, 0.1) is 5.92 Å². The summed E-state index contributed by atoms with van der Waals surface area (Å²) in [6.45, 7) is 0. The van der Waals surface area contributed by atoms with Crippen molar-refractivity contribution < 1.29 is 13.6 Å². The van der Waals surface area contributed by atoms with Gasteiger partial charge in [-0.1, -0.05) is 0 Å². The molecular formula is C6H8F2O. The first-order valence-electron chi connectivity index (χ1n) is 2.97. The molecule has 1 aliphatic rings. The molecule has 0 radical (unpaired) electrons. The van der Waals surface area contributed by atoms with Crippen LogP contribution in [-0.2, 0) is 4.79 Å². The first kappa shape index (κ1) is 6.65. The van der Waals surface area contributed by atoms with Crippen molar-refractivity contribution in [2.45, 2.75) is 25.2 Å². The van der Waals surface area contributed by atoms with Crippen LogP contribution in [0.15, 0.2) is 0 Å². The van der Waals surface area contributed by atoms with Crippen molar-refractivity contribution in [2.75, 3.05) is 0 Å². The minimum absolute atomic E-state index is 0.0741. The number of alkyl halides is 2. The van der Waals surface area contributed by atoms with Gasteiger partial charge in [-0.3, -0.25) is 0 Å². The molecule has 0 aromatic carbocycles. The monoisotopic (exact) mass is 134 g/mol. The smallest absolute Gasteiger partial charge is 0.132 e. The third kappa shape index (κ3) is 1.26. The Kier molecular flexibility index (Phi) is 1.78. The lowest BCUT2D eigenvalue weighted by Crippen LogP contribution is -2.06. The van der Waals surface area contributed by atoms with Crippen molar-refractivity contribution in [3.8, 4) is 0 Å². The molecule has 1 aliphatic carbocycles. The van der Waals surface area contributed by atoms with Gasteiger partial charge >= 0.3 is 0 Å².